The van der Waals surface area contributed by atoms with Crippen molar-refractivity contribution in [1.82, 2.24) is 34.2 Å². The number of halogens is 3. The number of fused-ring (bicyclic) bond motifs is 1. The SMILES string of the molecule is CC(CC(F)(F)F)n1cc(-c2nc(-c3cnn(CC(O)CO)c3)cn3nccc23)cn1. The number of hydrogen-bond acceptors (Lipinski definition) is 6. The molecule has 0 aliphatic rings. The lowest BCUT2D eigenvalue weighted by molar-refractivity contribution is -0.142. The van der Waals surface area contributed by atoms with Crippen molar-refractivity contribution in [2.24, 2.45) is 0 Å². The minimum Gasteiger partial charge on any atom is -0.394 e. The molecule has 0 aliphatic carbocycles. The zero-order chi connectivity index (χ0) is 22.2. The van der Waals surface area contributed by atoms with Crippen LogP contribution in [-0.2, 0) is 6.54 Å². The van der Waals surface area contributed by atoms with E-state index in [1.165, 1.54) is 28.7 Å². The third-order valence-electron chi connectivity index (χ3n) is 4.78. The number of aliphatic hydroxyl groups excluding tert-OH is 2. The van der Waals surface area contributed by atoms with Crippen molar-refractivity contribution in [3.05, 3.63) is 43.2 Å². The Kier molecular flexibility index (Phi) is 5.50. The van der Waals surface area contributed by atoms with Crippen LogP contribution in [0.4, 0.5) is 13.2 Å². The van der Waals surface area contributed by atoms with E-state index in [-0.39, 0.29) is 13.2 Å². The maximum atomic E-state index is 12.7. The van der Waals surface area contributed by atoms with E-state index in [1.54, 1.807) is 35.4 Å². The van der Waals surface area contributed by atoms with E-state index in [4.69, 9.17) is 5.11 Å². The summed E-state index contributed by atoms with van der Waals surface area (Å²) in [7, 11) is 0. The molecule has 9 nitrogen and oxygen atoms in total. The van der Waals surface area contributed by atoms with Gasteiger partial charge in [-0.2, -0.15) is 28.5 Å². The molecule has 2 atom stereocenters. The van der Waals surface area contributed by atoms with Gasteiger partial charge in [0, 0.05) is 23.5 Å². The van der Waals surface area contributed by atoms with Gasteiger partial charge in [-0.25, -0.2) is 9.50 Å². The molecule has 31 heavy (non-hydrogen) atoms. The summed E-state index contributed by atoms with van der Waals surface area (Å²) in [5, 5.41) is 31.1. The lowest BCUT2D eigenvalue weighted by atomic mass is 10.2. The summed E-state index contributed by atoms with van der Waals surface area (Å²) in [6, 6.07) is 0.901. The fourth-order valence-corrected chi connectivity index (χ4v) is 3.28. The normalized spacial score (nSPS) is 14.3. The molecule has 164 valence electrons. The van der Waals surface area contributed by atoms with Crippen molar-refractivity contribution in [2.75, 3.05) is 6.61 Å². The Bertz CT molecular complexity index is 1180. The van der Waals surface area contributed by atoms with Crippen LogP contribution >= 0.6 is 0 Å². The van der Waals surface area contributed by atoms with Crippen LogP contribution in [0.2, 0.25) is 0 Å². The van der Waals surface area contributed by atoms with Crippen LogP contribution in [0.15, 0.2) is 43.2 Å². The molecule has 12 heteroatoms. The van der Waals surface area contributed by atoms with Gasteiger partial charge in [0.2, 0.25) is 0 Å². The predicted molar refractivity (Wildman–Crippen MR) is 104 cm³/mol. The summed E-state index contributed by atoms with van der Waals surface area (Å²) >= 11 is 0. The Morgan fingerprint density at radius 2 is 1.84 bits per heavy atom. The van der Waals surface area contributed by atoms with Gasteiger partial charge in [-0.1, -0.05) is 0 Å². The number of aliphatic hydroxyl groups is 2. The van der Waals surface area contributed by atoms with Gasteiger partial charge in [0.25, 0.3) is 0 Å². The van der Waals surface area contributed by atoms with E-state index in [9.17, 15) is 18.3 Å². The summed E-state index contributed by atoms with van der Waals surface area (Å²) < 4.78 is 42.6. The van der Waals surface area contributed by atoms with Crippen LogP contribution in [0.3, 0.4) is 0 Å². The van der Waals surface area contributed by atoms with Crippen molar-refractivity contribution < 1.29 is 23.4 Å². The molecular weight excluding hydrogens is 415 g/mol. The first-order valence-corrected chi connectivity index (χ1v) is 9.51. The molecule has 0 aromatic carbocycles. The fourth-order valence-electron chi connectivity index (χ4n) is 3.28. The van der Waals surface area contributed by atoms with Gasteiger partial charge in [-0.15, -0.1) is 0 Å². The molecular formula is C19H20F3N7O2. The highest BCUT2D eigenvalue weighted by atomic mass is 19.4. The Balaban J connectivity index is 1.69. The van der Waals surface area contributed by atoms with Crippen molar-refractivity contribution in [3.63, 3.8) is 0 Å². The highest BCUT2D eigenvalue weighted by molar-refractivity contribution is 5.78. The van der Waals surface area contributed by atoms with E-state index >= 15 is 0 Å². The van der Waals surface area contributed by atoms with Gasteiger partial charge >= 0.3 is 6.18 Å². The van der Waals surface area contributed by atoms with Gasteiger partial charge in [0.1, 0.15) is 0 Å². The van der Waals surface area contributed by atoms with Crippen molar-refractivity contribution in [1.29, 1.82) is 0 Å². The summed E-state index contributed by atoms with van der Waals surface area (Å²) in [5.41, 5.74) is 2.94. The summed E-state index contributed by atoms with van der Waals surface area (Å²) in [4.78, 5) is 4.67. The number of rotatable bonds is 7. The fraction of sp³-hybridized carbons (Fsp3) is 0.368. The molecule has 4 aromatic rings. The smallest absolute Gasteiger partial charge is 0.391 e. The van der Waals surface area contributed by atoms with Crippen molar-refractivity contribution in [3.8, 4) is 22.5 Å². The summed E-state index contributed by atoms with van der Waals surface area (Å²) in [5.74, 6) is 0. The Morgan fingerprint density at radius 1 is 1.06 bits per heavy atom. The topological polar surface area (TPSA) is 106 Å². The molecule has 4 rings (SSSR count). The van der Waals surface area contributed by atoms with Gasteiger partial charge in [0.05, 0.1) is 73.4 Å². The number of nitrogens with zero attached hydrogens (tertiary/aromatic N) is 7. The molecule has 4 aromatic heterocycles. The predicted octanol–water partition coefficient (Wildman–Crippen LogP) is 2.32. The summed E-state index contributed by atoms with van der Waals surface area (Å²) in [6.45, 7) is 1.20. The minimum absolute atomic E-state index is 0.122. The zero-order valence-corrected chi connectivity index (χ0v) is 16.5. The quantitative estimate of drug-likeness (QED) is 0.462. The molecule has 0 saturated carbocycles. The Labute approximate surface area is 174 Å². The van der Waals surface area contributed by atoms with Crippen LogP contribution in [0.1, 0.15) is 19.4 Å². The molecule has 0 aliphatic heterocycles. The van der Waals surface area contributed by atoms with Crippen LogP contribution in [-0.4, -0.2) is 63.3 Å². The molecule has 0 amide bonds. The Morgan fingerprint density at radius 3 is 2.58 bits per heavy atom. The lowest BCUT2D eigenvalue weighted by Crippen LogP contribution is -2.19. The zero-order valence-electron chi connectivity index (χ0n) is 16.5. The van der Waals surface area contributed by atoms with Gasteiger partial charge in [-0.3, -0.25) is 9.36 Å². The van der Waals surface area contributed by atoms with E-state index < -0.39 is 24.7 Å². The molecule has 0 radical (unpaired) electrons. The standard InChI is InChI=1S/C19H20F3N7O2/c1-12(4-19(20,21)22)28-8-14(6-25-28)18-17-2-3-23-29(17)10-16(26-18)13-5-24-27(7-13)9-15(31)11-30/h2-3,5-8,10,12,15,30-31H,4,9,11H2,1H3. The van der Waals surface area contributed by atoms with E-state index in [0.29, 0.717) is 28.0 Å². The van der Waals surface area contributed by atoms with Crippen LogP contribution < -0.4 is 0 Å². The Hall–Kier alpha value is -3.25. The third kappa shape index (κ3) is 4.59. The average molecular weight is 435 g/mol. The first kappa shape index (κ1) is 21.0. The highest BCUT2D eigenvalue weighted by Crippen LogP contribution is 2.30. The number of hydrogen-bond donors (Lipinski definition) is 2. The molecule has 0 spiro atoms. The average Bonchev–Trinajstić information content (AvgIpc) is 3.45. The van der Waals surface area contributed by atoms with E-state index in [2.05, 4.69) is 20.3 Å². The second kappa shape index (κ2) is 8.12. The van der Waals surface area contributed by atoms with Gasteiger partial charge in [0.15, 0.2) is 0 Å². The van der Waals surface area contributed by atoms with Crippen molar-refractivity contribution in [2.45, 2.75) is 38.2 Å². The van der Waals surface area contributed by atoms with Crippen molar-refractivity contribution >= 4 is 5.52 Å². The molecule has 2 N–H and O–H groups in total. The van der Waals surface area contributed by atoms with Gasteiger partial charge < -0.3 is 10.2 Å². The first-order chi connectivity index (χ1) is 14.7. The molecule has 4 heterocycles. The van der Waals surface area contributed by atoms with E-state index in [0.717, 1.165) is 0 Å². The second-order valence-electron chi connectivity index (χ2n) is 7.30. The highest BCUT2D eigenvalue weighted by Gasteiger charge is 2.31. The second-order valence-corrected chi connectivity index (χ2v) is 7.30. The van der Waals surface area contributed by atoms with Crippen LogP contribution in [0.5, 0.6) is 0 Å². The maximum absolute atomic E-state index is 12.7. The summed E-state index contributed by atoms with van der Waals surface area (Å²) in [6.07, 6.45) is 3.37. The minimum atomic E-state index is -4.29. The maximum Gasteiger partial charge on any atom is 0.391 e. The van der Waals surface area contributed by atoms with E-state index in [1.807, 2.05) is 0 Å². The largest absolute Gasteiger partial charge is 0.394 e. The number of aromatic nitrogens is 7. The molecule has 0 saturated heterocycles. The number of alkyl halides is 3. The molecule has 0 bridgehead atoms. The monoisotopic (exact) mass is 435 g/mol. The third-order valence-corrected chi connectivity index (χ3v) is 4.78. The first-order valence-electron chi connectivity index (χ1n) is 9.51. The van der Waals surface area contributed by atoms with Crippen LogP contribution in [0, 0.1) is 0 Å². The van der Waals surface area contributed by atoms with Crippen LogP contribution in [0.25, 0.3) is 28.0 Å². The molecule has 0 fully saturated rings. The lowest BCUT2D eigenvalue weighted by Gasteiger charge is -2.14. The molecule has 2 unspecified atom stereocenters. The van der Waals surface area contributed by atoms with Gasteiger partial charge in [-0.05, 0) is 13.0 Å².